The van der Waals surface area contributed by atoms with Crippen molar-refractivity contribution in [1.82, 2.24) is 5.32 Å². The van der Waals surface area contributed by atoms with E-state index in [0.717, 1.165) is 29.7 Å². The highest BCUT2D eigenvalue weighted by molar-refractivity contribution is 5.77. The summed E-state index contributed by atoms with van der Waals surface area (Å²) in [5.74, 6) is 0.703. The molecular weight excluding hydrogens is 240 g/mol. The molecule has 0 saturated heterocycles. The Morgan fingerprint density at radius 3 is 2.84 bits per heavy atom. The van der Waals surface area contributed by atoms with Gasteiger partial charge in [-0.25, -0.2) is 0 Å². The van der Waals surface area contributed by atoms with Gasteiger partial charge in [-0.2, -0.15) is 0 Å². The molecule has 1 fully saturated rings. The number of ether oxygens (including phenoxy) is 1. The van der Waals surface area contributed by atoms with Crippen molar-refractivity contribution in [2.24, 2.45) is 5.73 Å². The van der Waals surface area contributed by atoms with Crippen molar-refractivity contribution < 1.29 is 9.53 Å². The Morgan fingerprint density at radius 2 is 2.16 bits per heavy atom. The van der Waals surface area contributed by atoms with Crippen LogP contribution in [0.4, 0.5) is 0 Å². The summed E-state index contributed by atoms with van der Waals surface area (Å²) >= 11 is 0. The number of hydrogen-bond acceptors (Lipinski definition) is 3. The number of aryl methyl sites for hydroxylation is 1. The first kappa shape index (κ1) is 13.9. The molecule has 3 N–H and O–H groups in total. The number of rotatable bonds is 5. The number of carbonyl (C=O) groups excluding carboxylic acids is 1. The standard InChI is InChI=1S/C15H22N2O2/c1-11-6-7-12(9-16)8-14(11)19-10-15(18)17-13-4-2-3-5-13/h6-8,13H,2-5,9-10,16H2,1H3,(H,17,18). The molecule has 1 aliphatic carbocycles. The van der Waals surface area contributed by atoms with Crippen LogP contribution in [0.3, 0.4) is 0 Å². The summed E-state index contributed by atoms with van der Waals surface area (Å²) in [7, 11) is 0. The van der Waals surface area contributed by atoms with Crippen LogP contribution in [0.15, 0.2) is 18.2 Å². The van der Waals surface area contributed by atoms with E-state index in [-0.39, 0.29) is 12.5 Å². The quantitative estimate of drug-likeness (QED) is 0.851. The maximum Gasteiger partial charge on any atom is 0.258 e. The maximum absolute atomic E-state index is 11.8. The van der Waals surface area contributed by atoms with Crippen molar-refractivity contribution in [3.8, 4) is 5.75 Å². The summed E-state index contributed by atoms with van der Waals surface area (Å²) in [6, 6.07) is 6.18. The van der Waals surface area contributed by atoms with E-state index in [4.69, 9.17) is 10.5 Å². The average Bonchev–Trinajstić information content (AvgIpc) is 2.90. The summed E-state index contributed by atoms with van der Waals surface area (Å²) in [6.45, 7) is 2.51. The van der Waals surface area contributed by atoms with Crippen LogP contribution in [-0.4, -0.2) is 18.6 Å². The van der Waals surface area contributed by atoms with E-state index in [1.54, 1.807) is 0 Å². The third kappa shape index (κ3) is 3.96. The fourth-order valence-electron chi connectivity index (χ4n) is 2.41. The largest absolute Gasteiger partial charge is 0.483 e. The van der Waals surface area contributed by atoms with Crippen molar-refractivity contribution in [2.45, 2.75) is 45.2 Å². The highest BCUT2D eigenvalue weighted by Gasteiger charge is 2.17. The first-order chi connectivity index (χ1) is 9.19. The summed E-state index contributed by atoms with van der Waals surface area (Å²) < 4.78 is 5.58. The Labute approximate surface area is 114 Å². The van der Waals surface area contributed by atoms with Crippen molar-refractivity contribution >= 4 is 5.91 Å². The molecule has 1 aliphatic rings. The van der Waals surface area contributed by atoms with Crippen LogP contribution in [0.2, 0.25) is 0 Å². The lowest BCUT2D eigenvalue weighted by Gasteiger charge is -2.14. The van der Waals surface area contributed by atoms with Gasteiger partial charge in [-0.1, -0.05) is 25.0 Å². The summed E-state index contributed by atoms with van der Waals surface area (Å²) in [5.41, 5.74) is 7.63. The number of nitrogens with two attached hydrogens (primary N) is 1. The first-order valence-corrected chi connectivity index (χ1v) is 6.91. The van der Waals surface area contributed by atoms with E-state index in [9.17, 15) is 4.79 Å². The number of amides is 1. The molecule has 1 aromatic carbocycles. The van der Waals surface area contributed by atoms with Gasteiger partial charge in [0.2, 0.25) is 0 Å². The zero-order valence-corrected chi connectivity index (χ0v) is 11.4. The minimum absolute atomic E-state index is 0.0375. The third-order valence-corrected chi connectivity index (χ3v) is 3.57. The molecule has 1 saturated carbocycles. The molecule has 1 amide bonds. The molecule has 4 nitrogen and oxygen atoms in total. The van der Waals surface area contributed by atoms with Gasteiger partial charge in [0, 0.05) is 12.6 Å². The van der Waals surface area contributed by atoms with Crippen LogP contribution in [0.5, 0.6) is 5.75 Å². The molecule has 0 aliphatic heterocycles. The van der Waals surface area contributed by atoms with Gasteiger partial charge in [-0.05, 0) is 37.0 Å². The molecule has 0 spiro atoms. The van der Waals surface area contributed by atoms with Gasteiger partial charge in [-0.3, -0.25) is 4.79 Å². The van der Waals surface area contributed by atoms with Gasteiger partial charge in [-0.15, -0.1) is 0 Å². The Hall–Kier alpha value is -1.55. The van der Waals surface area contributed by atoms with Gasteiger partial charge < -0.3 is 15.8 Å². The number of carbonyl (C=O) groups is 1. The Morgan fingerprint density at radius 1 is 1.42 bits per heavy atom. The zero-order chi connectivity index (χ0) is 13.7. The van der Waals surface area contributed by atoms with E-state index >= 15 is 0 Å². The normalized spacial score (nSPS) is 15.5. The Bertz CT molecular complexity index is 440. The van der Waals surface area contributed by atoms with E-state index in [1.165, 1.54) is 12.8 Å². The third-order valence-electron chi connectivity index (χ3n) is 3.57. The first-order valence-electron chi connectivity index (χ1n) is 6.91. The Balaban J connectivity index is 1.85. The van der Waals surface area contributed by atoms with Gasteiger partial charge in [0.15, 0.2) is 6.61 Å². The SMILES string of the molecule is Cc1ccc(CN)cc1OCC(=O)NC1CCCC1. The lowest BCUT2D eigenvalue weighted by atomic mass is 10.1. The minimum Gasteiger partial charge on any atom is -0.483 e. The zero-order valence-electron chi connectivity index (χ0n) is 11.4. The van der Waals surface area contributed by atoms with Gasteiger partial charge in [0.25, 0.3) is 5.91 Å². The minimum atomic E-state index is -0.0375. The smallest absolute Gasteiger partial charge is 0.258 e. The lowest BCUT2D eigenvalue weighted by Crippen LogP contribution is -2.36. The van der Waals surface area contributed by atoms with Crippen LogP contribution in [0.1, 0.15) is 36.8 Å². The number of benzene rings is 1. The molecule has 0 aromatic heterocycles. The van der Waals surface area contributed by atoms with Crippen LogP contribution >= 0.6 is 0 Å². The van der Waals surface area contributed by atoms with Gasteiger partial charge in [0.1, 0.15) is 5.75 Å². The molecule has 0 bridgehead atoms. The molecular formula is C15H22N2O2. The highest BCUT2D eigenvalue weighted by Crippen LogP contribution is 2.20. The second kappa shape index (κ2) is 6.57. The van der Waals surface area contributed by atoms with Gasteiger partial charge >= 0.3 is 0 Å². The van der Waals surface area contributed by atoms with Crippen LogP contribution < -0.4 is 15.8 Å². The monoisotopic (exact) mass is 262 g/mol. The summed E-state index contributed by atoms with van der Waals surface area (Å²) in [5, 5.41) is 3.01. The average molecular weight is 262 g/mol. The predicted octanol–water partition coefficient (Wildman–Crippen LogP) is 1.89. The second-order valence-corrected chi connectivity index (χ2v) is 5.14. The molecule has 0 atom stereocenters. The molecule has 19 heavy (non-hydrogen) atoms. The topological polar surface area (TPSA) is 64.3 Å². The number of hydrogen-bond donors (Lipinski definition) is 2. The summed E-state index contributed by atoms with van der Waals surface area (Å²) in [6.07, 6.45) is 4.60. The van der Waals surface area contributed by atoms with E-state index in [2.05, 4.69) is 5.32 Å². The number of nitrogens with one attached hydrogen (secondary N) is 1. The van der Waals surface area contributed by atoms with Crippen LogP contribution in [0.25, 0.3) is 0 Å². The van der Waals surface area contributed by atoms with E-state index in [1.807, 2.05) is 25.1 Å². The second-order valence-electron chi connectivity index (χ2n) is 5.14. The van der Waals surface area contributed by atoms with E-state index < -0.39 is 0 Å². The van der Waals surface area contributed by atoms with Crippen molar-refractivity contribution in [3.05, 3.63) is 29.3 Å². The summed E-state index contributed by atoms with van der Waals surface area (Å²) in [4.78, 5) is 11.8. The molecule has 1 aromatic rings. The molecule has 0 unspecified atom stereocenters. The van der Waals surface area contributed by atoms with Crippen molar-refractivity contribution in [2.75, 3.05) is 6.61 Å². The van der Waals surface area contributed by atoms with Crippen LogP contribution in [-0.2, 0) is 11.3 Å². The maximum atomic E-state index is 11.8. The molecule has 104 valence electrons. The molecule has 0 radical (unpaired) electrons. The highest BCUT2D eigenvalue weighted by atomic mass is 16.5. The lowest BCUT2D eigenvalue weighted by molar-refractivity contribution is -0.123. The fraction of sp³-hybridized carbons (Fsp3) is 0.533. The predicted molar refractivity (Wildman–Crippen MR) is 75.0 cm³/mol. The van der Waals surface area contributed by atoms with Gasteiger partial charge in [0.05, 0.1) is 0 Å². The van der Waals surface area contributed by atoms with E-state index in [0.29, 0.717) is 12.6 Å². The van der Waals surface area contributed by atoms with Crippen LogP contribution in [0, 0.1) is 6.92 Å². The van der Waals surface area contributed by atoms with Crippen molar-refractivity contribution in [1.29, 1.82) is 0 Å². The molecule has 2 rings (SSSR count). The fourth-order valence-corrected chi connectivity index (χ4v) is 2.41. The van der Waals surface area contributed by atoms with Crippen molar-refractivity contribution in [3.63, 3.8) is 0 Å². The Kier molecular flexibility index (Phi) is 4.80. The molecule has 4 heteroatoms. The molecule has 0 heterocycles.